The number of rotatable bonds is 4. The van der Waals surface area contributed by atoms with Gasteiger partial charge in [-0.05, 0) is 36.3 Å². The molecule has 2 rings (SSSR count). The SMILES string of the molecule is CC(C)CCOC1CCc2ccccc2C1N. The summed E-state index contributed by atoms with van der Waals surface area (Å²) in [7, 11) is 0. The molecule has 1 aliphatic carbocycles. The van der Waals surface area contributed by atoms with E-state index in [1.165, 1.54) is 11.1 Å². The van der Waals surface area contributed by atoms with E-state index in [0.29, 0.717) is 5.92 Å². The summed E-state index contributed by atoms with van der Waals surface area (Å²) in [6.07, 6.45) is 3.46. The number of nitrogens with two attached hydrogens (primary N) is 1. The van der Waals surface area contributed by atoms with Crippen molar-refractivity contribution in [1.29, 1.82) is 0 Å². The Morgan fingerprint density at radius 1 is 1.35 bits per heavy atom. The summed E-state index contributed by atoms with van der Waals surface area (Å²) in [4.78, 5) is 0. The Morgan fingerprint density at radius 3 is 2.88 bits per heavy atom. The van der Waals surface area contributed by atoms with Gasteiger partial charge in [0.15, 0.2) is 0 Å². The summed E-state index contributed by atoms with van der Waals surface area (Å²) >= 11 is 0. The average Bonchev–Trinajstić information content (AvgIpc) is 2.32. The first kappa shape index (κ1) is 12.6. The van der Waals surface area contributed by atoms with Crippen molar-refractivity contribution in [3.63, 3.8) is 0 Å². The highest BCUT2D eigenvalue weighted by Crippen LogP contribution is 2.30. The fraction of sp³-hybridized carbons (Fsp3) is 0.600. The Balaban J connectivity index is 1.95. The van der Waals surface area contributed by atoms with Gasteiger partial charge in [-0.3, -0.25) is 0 Å². The lowest BCUT2D eigenvalue weighted by molar-refractivity contribution is 0.0197. The van der Waals surface area contributed by atoms with Gasteiger partial charge >= 0.3 is 0 Å². The number of ether oxygens (including phenoxy) is 1. The highest BCUT2D eigenvalue weighted by atomic mass is 16.5. The molecule has 0 saturated heterocycles. The molecule has 0 aliphatic heterocycles. The first-order valence-corrected chi connectivity index (χ1v) is 6.63. The van der Waals surface area contributed by atoms with Crippen molar-refractivity contribution in [3.8, 4) is 0 Å². The predicted octanol–water partition coefficient (Wildman–Crippen LogP) is 3.06. The zero-order valence-electron chi connectivity index (χ0n) is 10.9. The van der Waals surface area contributed by atoms with Gasteiger partial charge in [-0.1, -0.05) is 38.1 Å². The molecule has 0 saturated carbocycles. The van der Waals surface area contributed by atoms with E-state index in [2.05, 4.69) is 38.1 Å². The molecule has 2 unspecified atom stereocenters. The maximum Gasteiger partial charge on any atom is 0.0770 e. The van der Waals surface area contributed by atoms with Crippen LogP contribution >= 0.6 is 0 Å². The van der Waals surface area contributed by atoms with Crippen LogP contribution in [0.25, 0.3) is 0 Å². The zero-order chi connectivity index (χ0) is 12.3. The van der Waals surface area contributed by atoms with Gasteiger partial charge in [0.05, 0.1) is 12.1 Å². The van der Waals surface area contributed by atoms with Gasteiger partial charge in [0.25, 0.3) is 0 Å². The lowest BCUT2D eigenvalue weighted by Crippen LogP contribution is -2.34. The lowest BCUT2D eigenvalue weighted by atomic mass is 9.86. The normalized spacial score (nSPS) is 23.8. The second-order valence-electron chi connectivity index (χ2n) is 5.36. The molecule has 0 radical (unpaired) electrons. The molecule has 1 aromatic carbocycles. The van der Waals surface area contributed by atoms with Crippen molar-refractivity contribution in [2.24, 2.45) is 11.7 Å². The number of benzene rings is 1. The fourth-order valence-electron chi connectivity index (χ4n) is 2.41. The van der Waals surface area contributed by atoms with E-state index < -0.39 is 0 Å². The molecular weight excluding hydrogens is 210 g/mol. The molecule has 0 spiro atoms. The summed E-state index contributed by atoms with van der Waals surface area (Å²) in [6.45, 7) is 5.27. The topological polar surface area (TPSA) is 35.2 Å². The van der Waals surface area contributed by atoms with Crippen molar-refractivity contribution in [3.05, 3.63) is 35.4 Å². The minimum Gasteiger partial charge on any atom is -0.376 e. The van der Waals surface area contributed by atoms with E-state index in [9.17, 15) is 0 Å². The molecule has 0 fully saturated rings. The molecule has 0 bridgehead atoms. The maximum atomic E-state index is 6.28. The third kappa shape index (κ3) is 3.08. The minimum atomic E-state index is 0.0483. The third-order valence-electron chi connectivity index (χ3n) is 3.54. The molecule has 2 nitrogen and oxygen atoms in total. The monoisotopic (exact) mass is 233 g/mol. The highest BCUT2D eigenvalue weighted by Gasteiger charge is 2.26. The molecular formula is C15H23NO. The Morgan fingerprint density at radius 2 is 2.12 bits per heavy atom. The largest absolute Gasteiger partial charge is 0.376 e. The molecule has 1 aliphatic rings. The van der Waals surface area contributed by atoms with Gasteiger partial charge in [0.2, 0.25) is 0 Å². The second-order valence-corrected chi connectivity index (χ2v) is 5.36. The van der Waals surface area contributed by atoms with Crippen LogP contribution in [-0.4, -0.2) is 12.7 Å². The van der Waals surface area contributed by atoms with Crippen molar-refractivity contribution in [2.75, 3.05) is 6.61 Å². The van der Waals surface area contributed by atoms with Crippen LogP contribution in [-0.2, 0) is 11.2 Å². The van der Waals surface area contributed by atoms with Crippen LogP contribution in [0, 0.1) is 5.92 Å². The van der Waals surface area contributed by atoms with Crippen molar-refractivity contribution in [2.45, 2.75) is 45.3 Å². The average molecular weight is 233 g/mol. The van der Waals surface area contributed by atoms with Crippen LogP contribution in [0.3, 0.4) is 0 Å². The smallest absolute Gasteiger partial charge is 0.0770 e. The summed E-state index contributed by atoms with van der Waals surface area (Å²) in [6, 6.07) is 8.52. The van der Waals surface area contributed by atoms with Gasteiger partial charge in [-0.15, -0.1) is 0 Å². The standard InChI is InChI=1S/C15H23NO/c1-11(2)9-10-17-14-8-7-12-5-3-4-6-13(12)15(14)16/h3-6,11,14-15H,7-10,16H2,1-2H3. The van der Waals surface area contributed by atoms with Gasteiger partial charge < -0.3 is 10.5 Å². The van der Waals surface area contributed by atoms with Crippen molar-refractivity contribution < 1.29 is 4.74 Å². The molecule has 17 heavy (non-hydrogen) atoms. The van der Waals surface area contributed by atoms with E-state index in [0.717, 1.165) is 25.9 Å². The Bertz CT molecular complexity index is 362. The van der Waals surface area contributed by atoms with Gasteiger partial charge in [0, 0.05) is 6.61 Å². The van der Waals surface area contributed by atoms with E-state index in [1.54, 1.807) is 0 Å². The molecule has 1 aromatic rings. The van der Waals surface area contributed by atoms with Gasteiger partial charge in [-0.2, -0.15) is 0 Å². The zero-order valence-corrected chi connectivity index (χ0v) is 10.9. The number of hydrogen-bond donors (Lipinski definition) is 1. The molecule has 94 valence electrons. The fourth-order valence-corrected chi connectivity index (χ4v) is 2.41. The second kappa shape index (κ2) is 5.65. The van der Waals surface area contributed by atoms with Crippen molar-refractivity contribution in [1.82, 2.24) is 0 Å². The molecule has 2 heteroatoms. The number of fused-ring (bicyclic) bond motifs is 1. The number of aryl methyl sites for hydroxylation is 1. The van der Waals surface area contributed by atoms with Gasteiger partial charge in [-0.25, -0.2) is 0 Å². The molecule has 0 heterocycles. The van der Waals surface area contributed by atoms with Crippen LogP contribution in [0.4, 0.5) is 0 Å². The lowest BCUT2D eigenvalue weighted by Gasteiger charge is -2.31. The third-order valence-corrected chi connectivity index (χ3v) is 3.54. The maximum absolute atomic E-state index is 6.28. The minimum absolute atomic E-state index is 0.0483. The Labute approximate surface area is 104 Å². The van der Waals surface area contributed by atoms with Gasteiger partial charge in [0.1, 0.15) is 0 Å². The summed E-state index contributed by atoms with van der Waals surface area (Å²) in [5.74, 6) is 0.696. The van der Waals surface area contributed by atoms with Crippen molar-refractivity contribution >= 4 is 0 Å². The van der Waals surface area contributed by atoms with Crippen LogP contribution in [0.5, 0.6) is 0 Å². The molecule has 0 amide bonds. The van der Waals surface area contributed by atoms with E-state index in [4.69, 9.17) is 10.5 Å². The predicted molar refractivity (Wildman–Crippen MR) is 70.9 cm³/mol. The molecule has 2 atom stereocenters. The molecule has 0 aromatic heterocycles. The summed E-state index contributed by atoms with van der Waals surface area (Å²) < 4.78 is 5.94. The van der Waals surface area contributed by atoms with E-state index in [-0.39, 0.29) is 12.1 Å². The number of hydrogen-bond acceptors (Lipinski definition) is 2. The summed E-state index contributed by atoms with van der Waals surface area (Å²) in [5.41, 5.74) is 8.95. The molecule has 2 N–H and O–H groups in total. The van der Waals surface area contributed by atoms with E-state index in [1.807, 2.05) is 0 Å². The quantitative estimate of drug-likeness (QED) is 0.867. The highest BCUT2D eigenvalue weighted by molar-refractivity contribution is 5.33. The first-order valence-electron chi connectivity index (χ1n) is 6.63. The Hall–Kier alpha value is -0.860. The first-order chi connectivity index (χ1) is 8.18. The van der Waals surface area contributed by atoms with E-state index >= 15 is 0 Å². The summed E-state index contributed by atoms with van der Waals surface area (Å²) in [5, 5.41) is 0. The van der Waals surface area contributed by atoms with Crippen LogP contribution in [0.1, 0.15) is 43.9 Å². The van der Waals surface area contributed by atoms with Crippen LogP contribution < -0.4 is 5.73 Å². The van der Waals surface area contributed by atoms with Crippen LogP contribution in [0.15, 0.2) is 24.3 Å². The van der Waals surface area contributed by atoms with Crippen LogP contribution in [0.2, 0.25) is 0 Å². The Kier molecular flexibility index (Phi) is 4.19.